The number of para-hydroxylation sites is 1. The first-order valence-electron chi connectivity index (χ1n) is 11.5. The number of benzene rings is 3. The quantitative estimate of drug-likeness (QED) is 0.506. The van der Waals surface area contributed by atoms with E-state index in [0.717, 1.165) is 39.1 Å². The zero-order valence-corrected chi connectivity index (χ0v) is 19.8. The molecule has 2 N–H and O–H groups in total. The number of anilines is 2. The van der Waals surface area contributed by atoms with Crippen LogP contribution in [0.3, 0.4) is 0 Å². The third kappa shape index (κ3) is 6.90. The Kier molecular flexibility index (Phi) is 8.31. The third-order valence-corrected chi connectivity index (χ3v) is 6.19. The molecule has 2 amide bonds. The maximum Gasteiger partial charge on any atom is 0.257 e. The van der Waals surface area contributed by atoms with Gasteiger partial charge in [-0.15, -0.1) is 0 Å². The van der Waals surface area contributed by atoms with Gasteiger partial charge in [0, 0.05) is 43.4 Å². The first-order chi connectivity index (χ1) is 16.6. The fraction of sp³-hybridized carbons (Fsp3) is 0.259. The highest BCUT2D eigenvalue weighted by Gasteiger charge is 2.20. The Morgan fingerprint density at radius 1 is 0.765 bits per heavy atom. The van der Waals surface area contributed by atoms with Crippen LogP contribution in [-0.2, 0) is 11.2 Å². The van der Waals surface area contributed by atoms with Crippen molar-refractivity contribution in [2.24, 2.45) is 0 Å². The molecule has 1 heterocycles. The lowest BCUT2D eigenvalue weighted by molar-refractivity contribution is -0.117. The van der Waals surface area contributed by atoms with E-state index in [1.807, 2.05) is 6.07 Å². The second-order valence-electron chi connectivity index (χ2n) is 8.41. The summed E-state index contributed by atoms with van der Waals surface area (Å²) in [5.41, 5.74) is 2.90. The molecule has 1 aliphatic rings. The van der Waals surface area contributed by atoms with Crippen molar-refractivity contribution >= 4 is 34.8 Å². The van der Waals surface area contributed by atoms with Crippen LogP contribution in [0, 0.1) is 0 Å². The number of nitrogens with one attached hydrogen (secondary N) is 2. The molecule has 6 nitrogen and oxygen atoms in total. The maximum atomic E-state index is 12.8. The van der Waals surface area contributed by atoms with E-state index in [4.69, 9.17) is 11.6 Å². The summed E-state index contributed by atoms with van der Waals surface area (Å²) in [7, 11) is 0. The van der Waals surface area contributed by atoms with Crippen LogP contribution < -0.4 is 10.6 Å². The fourth-order valence-electron chi connectivity index (χ4n) is 4.02. The molecule has 34 heavy (non-hydrogen) atoms. The lowest BCUT2D eigenvalue weighted by Crippen LogP contribution is -2.49. The summed E-state index contributed by atoms with van der Waals surface area (Å²) in [6.45, 7) is 4.92. The van der Waals surface area contributed by atoms with Crippen molar-refractivity contribution < 1.29 is 9.59 Å². The van der Waals surface area contributed by atoms with Gasteiger partial charge in [-0.1, -0.05) is 54.1 Å². The van der Waals surface area contributed by atoms with E-state index in [-0.39, 0.29) is 11.8 Å². The minimum atomic E-state index is -0.287. The number of rotatable bonds is 8. The normalized spacial score (nSPS) is 14.5. The molecule has 0 bridgehead atoms. The molecule has 1 saturated heterocycles. The molecule has 1 fully saturated rings. The molecule has 3 aromatic rings. The third-order valence-electron chi connectivity index (χ3n) is 5.94. The number of carbonyl (C=O) groups is 2. The minimum Gasteiger partial charge on any atom is -0.324 e. The Labute approximate surface area is 205 Å². The largest absolute Gasteiger partial charge is 0.324 e. The summed E-state index contributed by atoms with van der Waals surface area (Å²) in [5, 5.41) is 6.36. The average Bonchev–Trinajstić information content (AvgIpc) is 2.86. The SMILES string of the molecule is O=C(CN1CCN(CCc2ccccc2)CC1)Nc1ccccc1C(=O)Nc1ccc(Cl)cc1. The molecule has 3 aromatic carbocycles. The number of piperazine rings is 1. The highest BCUT2D eigenvalue weighted by atomic mass is 35.5. The van der Waals surface area contributed by atoms with E-state index in [0.29, 0.717) is 28.5 Å². The van der Waals surface area contributed by atoms with Gasteiger partial charge in [0.1, 0.15) is 0 Å². The van der Waals surface area contributed by atoms with Gasteiger partial charge < -0.3 is 15.5 Å². The molecule has 0 saturated carbocycles. The van der Waals surface area contributed by atoms with Crippen molar-refractivity contribution in [2.45, 2.75) is 6.42 Å². The van der Waals surface area contributed by atoms with Gasteiger partial charge >= 0.3 is 0 Å². The van der Waals surface area contributed by atoms with E-state index in [1.54, 1.807) is 48.5 Å². The van der Waals surface area contributed by atoms with E-state index in [1.165, 1.54) is 5.56 Å². The van der Waals surface area contributed by atoms with Crippen LogP contribution >= 0.6 is 11.6 Å². The van der Waals surface area contributed by atoms with Crippen molar-refractivity contribution in [3.63, 3.8) is 0 Å². The molecule has 4 rings (SSSR count). The monoisotopic (exact) mass is 476 g/mol. The van der Waals surface area contributed by atoms with E-state index in [2.05, 4.69) is 44.7 Å². The summed E-state index contributed by atoms with van der Waals surface area (Å²) in [6, 6.07) is 24.4. The van der Waals surface area contributed by atoms with Crippen LogP contribution in [0.2, 0.25) is 5.02 Å². The Balaban J connectivity index is 1.26. The van der Waals surface area contributed by atoms with E-state index >= 15 is 0 Å². The van der Waals surface area contributed by atoms with Gasteiger partial charge in [0.15, 0.2) is 0 Å². The Morgan fingerprint density at radius 2 is 1.41 bits per heavy atom. The van der Waals surface area contributed by atoms with Crippen LogP contribution in [0.1, 0.15) is 15.9 Å². The predicted octanol–water partition coefficient (Wildman–Crippen LogP) is 4.39. The van der Waals surface area contributed by atoms with Crippen LogP contribution in [0.4, 0.5) is 11.4 Å². The number of nitrogens with zero attached hydrogens (tertiary/aromatic N) is 2. The molecule has 0 spiro atoms. The Bertz CT molecular complexity index is 1100. The summed E-state index contributed by atoms with van der Waals surface area (Å²) in [6.07, 6.45) is 1.04. The Hall–Kier alpha value is -3.19. The summed E-state index contributed by atoms with van der Waals surface area (Å²) >= 11 is 5.91. The van der Waals surface area contributed by atoms with Crippen molar-refractivity contribution in [3.8, 4) is 0 Å². The van der Waals surface area contributed by atoms with Crippen LogP contribution in [0.25, 0.3) is 0 Å². The molecule has 0 aromatic heterocycles. The smallest absolute Gasteiger partial charge is 0.257 e. The van der Waals surface area contributed by atoms with Crippen LogP contribution in [0.5, 0.6) is 0 Å². The standard InChI is InChI=1S/C27H29ClN4O2/c28-22-10-12-23(13-11-22)29-27(34)24-8-4-5-9-25(24)30-26(33)20-32-18-16-31(17-19-32)15-14-21-6-2-1-3-7-21/h1-13H,14-20H2,(H,29,34)(H,30,33). The van der Waals surface area contributed by atoms with Gasteiger partial charge in [-0.3, -0.25) is 14.5 Å². The van der Waals surface area contributed by atoms with Gasteiger partial charge in [-0.05, 0) is 48.4 Å². The molecular formula is C27H29ClN4O2. The van der Waals surface area contributed by atoms with Gasteiger partial charge in [0.25, 0.3) is 5.91 Å². The van der Waals surface area contributed by atoms with Crippen LogP contribution in [-0.4, -0.2) is 60.9 Å². The molecule has 1 aliphatic heterocycles. The Morgan fingerprint density at radius 3 is 2.15 bits per heavy atom. The summed E-state index contributed by atoms with van der Waals surface area (Å²) in [4.78, 5) is 30.1. The van der Waals surface area contributed by atoms with E-state index in [9.17, 15) is 9.59 Å². The average molecular weight is 477 g/mol. The molecule has 0 radical (unpaired) electrons. The van der Waals surface area contributed by atoms with Gasteiger partial charge in [0.2, 0.25) is 5.91 Å². The highest BCUT2D eigenvalue weighted by Crippen LogP contribution is 2.19. The maximum absolute atomic E-state index is 12.8. The number of carbonyl (C=O) groups excluding carboxylic acids is 2. The summed E-state index contributed by atoms with van der Waals surface area (Å²) < 4.78 is 0. The zero-order chi connectivity index (χ0) is 23.8. The minimum absolute atomic E-state index is 0.121. The molecule has 0 unspecified atom stereocenters. The van der Waals surface area contributed by atoms with Crippen molar-refractivity contribution in [1.82, 2.24) is 9.80 Å². The molecule has 0 atom stereocenters. The number of amides is 2. The van der Waals surface area contributed by atoms with Gasteiger partial charge in [-0.25, -0.2) is 0 Å². The second kappa shape index (κ2) is 11.8. The first kappa shape index (κ1) is 24.0. The number of hydrogen-bond acceptors (Lipinski definition) is 4. The topological polar surface area (TPSA) is 64.7 Å². The molecule has 176 valence electrons. The van der Waals surface area contributed by atoms with Crippen LogP contribution in [0.15, 0.2) is 78.9 Å². The predicted molar refractivity (Wildman–Crippen MR) is 138 cm³/mol. The fourth-order valence-corrected chi connectivity index (χ4v) is 4.14. The van der Waals surface area contributed by atoms with Crippen molar-refractivity contribution in [1.29, 1.82) is 0 Å². The van der Waals surface area contributed by atoms with Crippen molar-refractivity contribution in [2.75, 3.05) is 49.9 Å². The lowest BCUT2D eigenvalue weighted by Gasteiger charge is -2.34. The number of halogens is 1. The number of hydrogen-bond donors (Lipinski definition) is 2. The van der Waals surface area contributed by atoms with Crippen molar-refractivity contribution in [3.05, 3.63) is 95.0 Å². The molecule has 7 heteroatoms. The second-order valence-corrected chi connectivity index (χ2v) is 8.84. The lowest BCUT2D eigenvalue weighted by atomic mass is 10.1. The van der Waals surface area contributed by atoms with E-state index < -0.39 is 0 Å². The summed E-state index contributed by atoms with van der Waals surface area (Å²) in [5.74, 6) is -0.408. The molecule has 0 aliphatic carbocycles. The molecular weight excluding hydrogens is 448 g/mol. The zero-order valence-electron chi connectivity index (χ0n) is 19.0. The highest BCUT2D eigenvalue weighted by molar-refractivity contribution is 6.30. The van der Waals surface area contributed by atoms with Gasteiger partial charge in [-0.2, -0.15) is 0 Å². The first-order valence-corrected chi connectivity index (χ1v) is 11.9. The van der Waals surface area contributed by atoms with Gasteiger partial charge in [0.05, 0.1) is 17.8 Å².